The molecule has 0 aromatic heterocycles. The zero-order valence-electron chi connectivity index (χ0n) is 8.06. The third kappa shape index (κ3) is 3.06. The molecule has 1 rings (SSSR count). The van der Waals surface area contributed by atoms with Gasteiger partial charge in [0.15, 0.2) is 0 Å². The summed E-state index contributed by atoms with van der Waals surface area (Å²) in [5.41, 5.74) is 0. The summed E-state index contributed by atoms with van der Waals surface area (Å²) in [6.45, 7) is 4.80. The van der Waals surface area contributed by atoms with Crippen molar-refractivity contribution in [3.05, 3.63) is 0 Å². The van der Waals surface area contributed by atoms with Gasteiger partial charge in [0.05, 0.1) is 0 Å². The van der Waals surface area contributed by atoms with Crippen LogP contribution in [0.25, 0.3) is 0 Å². The van der Waals surface area contributed by atoms with Gasteiger partial charge >= 0.3 is 0 Å². The number of hydrogen-bond donors (Lipinski definition) is 0. The number of nitrogens with zero attached hydrogens (tertiary/aromatic N) is 1. The zero-order valence-corrected chi connectivity index (χ0v) is 9.65. The molecule has 0 aliphatic heterocycles. The highest BCUT2D eigenvalue weighted by Gasteiger charge is 2.20. The Labute approximate surface area is 84.6 Å². The van der Waals surface area contributed by atoms with E-state index in [4.69, 9.17) is 0 Å². The van der Waals surface area contributed by atoms with E-state index in [1.54, 1.807) is 0 Å². The van der Waals surface area contributed by atoms with E-state index in [9.17, 15) is 0 Å². The molecule has 12 heavy (non-hydrogen) atoms. The quantitative estimate of drug-likeness (QED) is 0.661. The van der Waals surface area contributed by atoms with Crippen molar-refractivity contribution in [1.29, 1.82) is 0 Å². The Bertz CT molecular complexity index is 104. The minimum absolute atomic E-state index is 0.905. The van der Waals surface area contributed by atoms with Gasteiger partial charge in [0.2, 0.25) is 0 Å². The molecule has 2 heteroatoms. The maximum absolute atomic E-state index is 3.53. The Morgan fingerprint density at radius 2 is 1.92 bits per heavy atom. The van der Waals surface area contributed by atoms with Gasteiger partial charge in [0, 0.05) is 17.9 Å². The normalized spacial score (nSPS) is 19.2. The van der Waals surface area contributed by atoms with Crippen molar-refractivity contribution in [3.8, 4) is 0 Å². The Hall–Kier alpha value is 0.440. The zero-order chi connectivity index (χ0) is 8.81. The minimum Gasteiger partial charge on any atom is -0.300 e. The van der Waals surface area contributed by atoms with Gasteiger partial charge in [0.25, 0.3) is 0 Å². The highest BCUT2D eigenvalue weighted by molar-refractivity contribution is 9.09. The Morgan fingerprint density at radius 1 is 1.25 bits per heavy atom. The van der Waals surface area contributed by atoms with Crippen LogP contribution in [0.4, 0.5) is 0 Å². The Balaban J connectivity index is 2.29. The number of rotatable bonds is 5. The lowest BCUT2D eigenvalue weighted by Gasteiger charge is -2.27. The first kappa shape index (κ1) is 10.5. The predicted octanol–water partition coefficient (Wildman–Crippen LogP) is 3.04. The molecule has 0 bridgehead atoms. The second-order valence-corrected chi connectivity index (χ2v) is 4.46. The fourth-order valence-corrected chi connectivity index (χ4v) is 2.60. The molecule has 0 saturated heterocycles. The summed E-state index contributed by atoms with van der Waals surface area (Å²) in [6.07, 6.45) is 7.07. The summed E-state index contributed by atoms with van der Waals surface area (Å²) in [7, 11) is 0. The monoisotopic (exact) mass is 233 g/mol. The number of halogens is 1. The first-order valence-electron chi connectivity index (χ1n) is 5.18. The molecule has 0 unspecified atom stereocenters. The van der Waals surface area contributed by atoms with Crippen LogP contribution < -0.4 is 0 Å². The summed E-state index contributed by atoms with van der Waals surface area (Å²) in [5.74, 6) is 0. The fraction of sp³-hybridized carbons (Fsp3) is 1.00. The molecule has 0 atom stereocenters. The average molecular weight is 234 g/mol. The van der Waals surface area contributed by atoms with Crippen molar-refractivity contribution in [2.75, 3.05) is 18.4 Å². The molecule has 1 saturated carbocycles. The van der Waals surface area contributed by atoms with Crippen LogP contribution in [0.1, 0.15) is 39.0 Å². The summed E-state index contributed by atoms with van der Waals surface area (Å²) in [4.78, 5) is 2.65. The van der Waals surface area contributed by atoms with E-state index in [-0.39, 0.29) is 0 Å². The first-order valence-corrected chi connectivity index (χ1v) is 6.30. The summed E-state index contributed by atoms with van der Waals surface area (Å²) in [6, 6.07) is 0.905. The van der Waals surface area contributed by atoms with E-state index in [2.05, 4.69) is 27.8 Å². The van der Waals surface area contributed by atoms with Crippen molar-refractivity contribution in [2.24, 2.45) is 0 Å². The van der Waals surface area contributed by atoms with Gasteiger partial charge in [-0.25, -0.2) is 0 Å². The Kier molecular flexibility index (Phi) is 5.24. The average Bonchev–Trinajstić information content (AvgIpc) is 2.56. The molecule has 1 fully saturated rings. The second kappa shape index (κ2) is 5.98. The van der Waals surface area contributed by atoms with Gasteiger partial charge in [-0.05, 0) is 25.8 Å². The highest BCUT2D eigenvalue weighted by Crippen LogP contribution is 2.23. The fourth-order valence-electron chi connectivity index (χ4n) is 2.14. The van der Waals surface area contributed by atoms with Gasteiger partial charge in [-0.15, -0.1) is 0 Å². The van der Waals surface area contributed by atoms with Crippen LogP contribution in [0.3, 0.4) is 0 Å². The van der Waals surface area contributed by atoms with Gasteiger partial charge in [0.1, 0.15) is 0 Å². The van der Waals surface area contributed by atoms with Crippen LogP contribution in [0.15, 0.2) is 0 Å². The Morgan fingerprint density at radius 3 is 2.42 bits per heavy atom. The third-order valence-corrected chi connectivity index (χ3v) is 3.08. The molecule has 0 aromatic rings. The van der Waals surface area contributed by atoms with E-state index in [0.717, 1.165) is 11.4 Å². The van der Waals surface area contributed by atoms with E-state index >= 15 is 0 Å². The molecule has 0 aromatic carbocycles. The molecular formula is C10H20BrN. The van der Waals surface area contributed by atoms with E-state index < -0.39 is 0 Å². The largest absolute Gasteiger partial charge is 0.300 e. The molecule has 0 radical (unpaired) electrons. The van der Waals surface area contributed by atoms with Crippen LogP contribution in [-0.4, -0.2) is 29.4 Å². The third-order valence-electron chi connectivity index (χ3n) is 2.72. The van der Waals surface area contributed by atoms with Crippen LogP contribution in [0, 0.1) is 0 Å². The highest BCUT2D eigenvalue weighted by atomic mass is 79.9. The van der Waals surface area contributed by atoms with Gasteiger partial charge in [-0.3, -0.25) is 4.90 Å². The predicted molar refractivity (Wildman–Crippen MR) is 57.9 cm³/mol. The standard InChI is InChI=1S/C10H20BrN/c1-2-8-12(9-7-11)10-5-3-4-6-10/h10H,2-9H2,1H3. The van der Waals surface area contributed by atoms with Crippen LogP contribution in [0.5, 0.6) is 0 Å². The lowest BCUT2D eigenvalue weighted by Crippen LogP contribution is -2.35. The molecule has 1 nitrogen and oxygen atoms in total. The lowest BCUT2D eigenvalue weighted by molar-refractivity contribution is 0.212. The summed E-state index contributed by atoms with van der Waals surface area (Å²) >= 11 is 3.53. The molecule has 0 amide bonds. The van der Waals surface area contributed by atoms with E-state index in [1.165, 1.54) is 45.2 Å². The number of hydrogen-bond acceptors (Lipinski definition) is 1. The van der Waals surface area contributed by atoms with Gasteiger partial charge < -0.3 is 0 Å². The smallest absolute Gasteiger partial charge is 0.0159 e. The van der Waals surface area contributed by atoms with Gasteiger partial charge in [-0.1, -0.05) is 35.7 Å². The second-order valence-electron chi connectivity index (χ2n) is 3.66. The van der Waals surface area contributed by atoms with Crippen LogP contribution in [-0.2, 0) is 0 Å². The molecular weight excluding hydrogens is 214 g/mol. The van der Waals surface area contributed by atoms with Gasteiger partial charge in [-0.2, -0.15) is 0 Å². The molecule has 72 valence electrons. The SMILES string of the molecule is CCCN(CCBr)C1CCCC1. The maximum atomic E-state index is 3.53. The van der Waals surface area contributed by atoms with Crippen LogP contribution in [0.2, 0.25) is 0 Å². The van der Waals surface area contributed by atoms with Crippen molar-refractivity contribution >= 4 is 15.9 Å². The summed E-state index contributed by atoms with van der Waals surface area (Å²) < 4.78 is 0. The topological polar surface area (TPSA) is 3.24 Å². The van der Waals surface area contributed by atoms with Crippen LogP contribution >= 0.6 is 15.9 Å². The van der Waals surface area contributed by atoms with E-state index in [1.807, 2.05) is 0 Å². The number of alkyl halides is 1. The minimum atomic E-state index is 0.905. The first-order chi connectivity index (χ1) is 5.88. The molecule has 0 N–H and O–H groups in total. The van der Waals surface area contributed by atoms with Crippen molar-refractivity contribution in [1.82, 2.24) is 4.90 Å². The lowest BCUT2D eigenvalue weighted by atomic mass is 10.2. The van der Waals surface area contributed by atoms with Crippen molar-refractivity contribution in [3.63, 3.8) is 0 Å². The molecule has 1 aliphatic rings. The van der Waals surface area contributed by atoms with E-state index in [0.29, 0.717) is 0 Å². The summed E-state index contributed by atoms with van der Waals surface area (Å²) in [5, 5.41) is 1.13. The molecule has 0 spiro atoms. The maximum Gasteiger partial charge on any atom is 0.0159 e. The van der Waals surface area contributed by atoms with Crippen molar-refractivity contribution in [2.45, 2.75) is 45.1 Å². The molecule has 0 heterocycles. The van der Waals surface area contributed by atoms with Crippen molar-refractivity contribution < 1.29 is 0 Å². The molecule has 1 aliphatic carbocycles.